The SMILES string of the molecule is CC1CCC(C(O)c2ccnc3ccccc23)CC1C. The van der Waals surface area contributed by atoms with Crippen LogP contribution in [0.4, 0.5) is 0 Å². The molecule has 0 radical (unpaired) electrons. The molecule has 3 rings (SSSR count). The van der Waals surface area contributed by atoms with Crippen LogP contribution < -0.4 is 0 Å². The van der Waals surface area contributed by atoms with Crippen LogP contribution in [-0.2, 0) is 0 Å². The predicted octanol–water partition coefficient (Wildman–Crippen LogP) is 4.34. The minimum Gasteiger partial charge on any atom is -0.388 e. The second-order valence-electron chi connectivity index (χ2n) is 6.39. The quantitative estimate of drug-likeness (QED) is 0.879. The van der Waals surface area contributed by atoms with Crippen molar-refractivity contribution in [2.75, 3.05) is 0 Å². The molecule has 0 saturated heterocycles. The number of fused-ring (bicyclic) bond motifs is 1. The molecule has 0 aliphatic heterocycles. The van der Waals surface area contributed by atoms with E-state index in [2.05, 4.69) is 24.9 Å². The third kappa shape index (κ3) is 2.45. The van der Waals surface area contributed by atoms with Gasteiger partial charge < -0.3 is 5.11 Å². The first-order chi connectivity index (χ1) is 9.66. The van der Waals surface area contributed by atoms with Gasteiger partial charge in [-0.05, 0) is 48.3 Å². The maximum atomic E-state index is 10.8. The van der Waals surface area contributed by atoms with E-state index in [-0.39, 0.29) is 6.10 Å². The largest absolute Gasteiger partial charge is 0.388 e. The van der Waals surface area contributed by atoms with Crippen LogP contribution in [0.1, 0.15) is 44.8 Å². The smallest absolute Gasteiger partial charge is 0.0825 e. The van der Waals surface area contributed by atoms with E-state index in [1.54, 1.807) is 0 Å². The van der Waals surface area contributed by atoms with Gasteiger partial charge in [-0.2, -0.15) is 0 Å². The van der Waals surface area contributed by atoms with Crippen molar-refractivity contribution in [1.29, 1.82) is 0 Å². The highest BCUT2D eigenvalue weighted by molar-refractivity contribution is 5.82. The molecule has 2 aromatic rings. The van der Waals surface area contributed by atoms with Gasteiger partial charge in [0.25, 0.3) is 0 Å². The normalized spacial score (nSPS) is 28.4. The van der Waals surface area contributed by atoms with Crippen LogP contribution in [0.2, 0.25) is 0 Å². The van der Waals surface area contributed by atoms with Crippen molar-refractivity contribution in [2.24, 2.45) is 17.8 Å². The fourth-order valence-corrected chi connectivity index (χ4v) is 3.51. The zero-order chi connectivity index (χ0) is 14.1. The molecular weight excluding hydrogens is 246 g/mol. The summed E-state index contributed by atoms with van der Waals surface area (Å²) in [5, 5.41) is 11.9. The minimum absolute atomic E-state index is 0.363. The molecular formula is C18H23NO. The third-order valence-corrected chi connectivity index (χ3v) is 5.09. The van der Waals surface area contributed by atoms with Crippen LogP contribution in [0.3, 0.4) is 0 Å². The van der Waals surface area contributed by atoms with Gasteiger partial charge in [0.15, 0.2) is 0 Å². The Bertz CT molecular complexity index is 589. The lowest BCUT2D eigenvalue weighted by molar-refractivity contribution is 0.0570. The molecule has 1 N–H and O–H groups in total. The minimum atomic E-state index is -0.363. The van der Waals surface area contributed by atoms with Crippen molar-refractivity contribution in [3.63, 3.8) is 0 Å². The number of rotatable bonds is 2. The summed E-state index contributed by atoms with van der Waals surface area (Å²) in [5.41, 5.74) is 2.02. The van der Waals surface area contributed by atoms with Crippen molar-refractivity contribution in [1.82, 2.24) is 4.98 Å². The Hall–Kier alpha value is -1.41. The number of aliphatic hydroxyl groups is 1. The Kier molecular flexibility index (Phi) is 3.75. The van der Waals surface area contributed by atoms with Crippen LogP contribution in [-0.4, -0.2) is 10.1 Å². The van der Waals surface area contributed by atoms with Crippen LogP contribution in [0.15, 0.2) is 36.5 Å². The van der Waals surface area contributed by atoms with Gasteiger partial charge in [-0.15, -0.1) is 0 Å². The van der Waals surface area contributed by atoms with Crippen molar-refractivity contribution >= 4 is 10.9 Å². The molecule has 0 amide bonds. The van der Waals surface area contributed by atoms with Gasteiger partial charge in [0, 0.05) is 11.6 Å². The van der Waals surface area contributed by atoms with Crippen molar-refractivity contribution in [2.45, 2.75) is 39.2 Å². The van der Waals surface area contributed by atoms with E-state index in [9.17, 15) is 5.11 Å². The summed E-state index contributed by atoms with van der Waals surface area (Å²) in [6, 6.07) is 10.1. The van der Waals surface area contributed by atoms with Gasteiger partial charge >= 0.3 is 0 Å². The standard InChI is InChI=1S/C18H23NO/c1-12-7-8-14(11-13(12)2)18(20)16-9-10-19-17-6-4-3-5-15(16)17/h3-6,9-10,12-14,18,20H,7-8,11H2,1-2H3. The number of pyridine rings is 1. The van der Waals surface area contributed by atoms with Gasteiger partial charge in [0.05, 0.1) is 11.6 Å². The van der Waals surface area contributed by atoms with Crippen LogP contribution >= 0.6 is 0 Å². The van der Waals surface area contributed by atoms with E-state index >= 15 is 0 Å². The summed E-state index contributed by atoms with van der Waals surface area (Å²) < 4.78 is 0. The summed E-state index contributed by atoms with van der Waals surface area (Å²) in [4.78, 5) is 4.39. The van der Waals surface area contributed by atoms with E-state index in [0.717, 1.165) is 35.2 Å². The highest BCUT2D eigenvalue weighted by Gasteiger charge is 2.30. The monoisotopic (exact) mass is 269 g/mol. The zero-order valence-corrected chi connectivity index (χ0v) is 12.3. The molecule has 1 heterocycles. The van der Waals surface area contributed by atoms with Gasteiger partial charge in [0.1, 0.15) is 0 Å². The first-order valence-electron chi connectivity index (χ1n) is 7.68. The van der Waals surface area contributed by atoms with Crippen molar-refractivity contribution in [3.05, 3.63) is 42.1 Å². The number of hydrogen-bond donors (Lipinski definition) is 1. The molecule has 1 saturated carbocycles. The lowest BCUT2D eigenvalue weighted by Gasteiger charge is -2.35. The van der Waals surface area contributed by atoms with Crippen LogP contribution in [0, 0.1) is 17.8 Å². The molecule has 4 unspecified atom stereocenters. The van der Waals surface area contributed by atoms with Crippen molar-refractivity contribution in [3.8, 4) is 0 Å². The highest BCUT2D eigenvalue weighted by atomic mass is 16.3. The predicted molar refractivity (Wildman–Crippen MR) is 82.4 cm³/mol. The van der Waals surface area contributed by atoms with Crippen LogP contribution in [0.5, 0.6) is 0 Å². The number of benzene rings is 1. The number of para-hydroxylation sites is 1. The fraction of sp³-hybridized carbons (Fsp3) is 0.500. The molecule has 4 atom stereocenters. The maximum Gasteiger partial charge on any atom is 0.0825 e. The molecule has 1 aromatic carbocycles. The van der Waals surface area contributed by atoms with E-state index in [4.69, 9.17) is 0 Å². The molecule has 1 aromatic heterocycles. The van der Waals surface area contributed by atoms with Gasteiger partial charge in [-0.1, -0.05) is 38.5 Å². The van der Waals surface area contributed by atoms with Crippen LogP contribution in [0.25, 0.3) is 10.9 Å². The molecule has 0 spiro atoms. The molecule has 2 nitrogen and oxygen atoms in total. The summed E-state index contributed by atoms with van der Waals surface area (Å²) in [7, 11) is 0. The Morgan fingerprint density at radius 1 is 1.10 bits per heavy atom. The molecule has 0 bridgehead atoms. The molecule has 106 valence electrons. The Morgan fingerprint density at radius 3 is 2.70 bits per heavy atom. The number of nitrogens with zero attached hydrogens (tertiary/aromatic N) is 1. The van der Waals surface area contributed by atoms with Gasteiger partial charge in [-0.3, -0.25) is 4.98 Å². The second kappa shape index (κ2) is 5.53. The van der Waals surface area contributed by atoms with E-state index in [1.807, 2.05) is 30.5 Å². The third-order valence-electron chi connectivity index (χ3n) is 5.09. The Labute approximate surface area is 120 Å². The van der Waals surface area contributed by atoms with E-state index in [0.29, 0.717) is 11.8 Å². The van der Waals surface area contributed by atoms with E-state index < -0.39 is 0 Å². The zero-order valence-electron chi connectivity index (χ0n) is 12.3. The molecule has 1 fully saturated rings. The van der Waals surface area contributed by atoms with Gasteiger partial charge in [0.2, 0.25) is 0 Å². The number of aromatic nitrogens is 1. The maximum absolute atomic E-state index is 10.8. The lowest BCUT2D eigenvalue weighted by Crippen LogP contribution is -2.25. The van der Waals surface area contributed by atoms with Gasteiger partial charge in [-0.25, -0.2) is 0 Å². The first kappa shape index (κ1) is 13.6. The molecule has 1 aliphatic carbocycles. The van der Waals surface area contributed by atoms with Crippen molar-refractivity contribution < 1.29 is 5.11 Å². The molecule has 20 heavy (non-hydrogen) atoms. The summed E-state index contributed by atoms with van der Waals surface area (Å²) in [6.07, 6.45) is 4.93. The summed E-state index contributed by atoms with van der Waals surface area (Å²) in [5.74, 6) is 1.87. The average Bonchev–Trinajstić information content (AvgIpc) is 2.49. The second-order valence-corrected chi connectivity index (χ2v) is 6.39. The highest BCUT2D eigenvalue weighted by Crippen LogP contribution is 2.40. The fourth-order valence-electron chi connectivity index (χ4n) is 3.51. The molecule has 2 heteroatoms. The summed E-state index contributed by atoms with van der Waals surface area (Å²) in [6.45, 7) is 4.64. The topological polar surface area (TPSA) is 33.1 Å². The van der Waals surface area contributed by atoms with E-state index in [1.165, 1.54) is 6.42 Å². The lowest BCUT2D eigenvalue weighted by atomic mass is 9.72. The first-order valence-corrected chi connectivity index (χ1v) is 7.68. The number of hydrogen-bond acceptors (Lipinski definition) is 2. The average molecular weight is 269 g/mol. The summed E-state index contributed by atoms with van der Waals surface area (Å²) >= 11 is 0. The Morgan fingerprint density at radius 2 is 1.90 bits per heavy atom. The molecule has 1 aliphatic rings. The Balaban J connectivity index is 1.91. The number of aliphatic hydroxyl groups excluding tert-OH is 1.